The van der Waals surface area contributed by atoms with E-state index in [1.165, 1.54) is 4.90 Å². The monoisotopic (exact) mass is 594 g/mol. The van der Waals surface area contributed by atoms with Crippen LogP contribution in [0.5, 0.6) is 5.75 Å². The number of likely N-dealkylation sites (tertiary alicyclic amines) is 1. The Morgan fingerprint density at radius 3 is 2.41 bits per heavy atom. The van der Waals surface area contributed by atoms with Crippen LogP contribution in [0.1, 0.15) is 34.7 Å². The standard InChI is InChI=1S/C32H32Cl2N2O5/c1-21-5-2-3-6-24(21)20-41-25-10-7-22(8-11-25)30(37)28-29(23-9-12-26(33)27(34)19-23)36(32(39)31(28)38)14-4-13-35-15-17-40-18-16-35/h2-3,5-12,19,29,37H,4,13-18,20H2,1H3/b30-28+. The van der Waals surface area contributed by atoms with E-state index >= 15 is 0 Å². The van der Waals surface area contributed by atoms with Gasteiger partial charge in [0.1, 0.15) is 18.1 Å². The van der Waals surface area contributed by atoms with E-state index in [-0.39, 0.29) is 11.3 Å². The van der Waals surface area contributed by atoms with Crippen LogP contribution in [0, 0.1) is 6.92 Å². The number of amides is 1. The summed E-state index contributed by atoms with van der Waals surface area (Å²) < 4.78 is 11.4. The summed E-state index contributed by atoms with van der Waals surface area (Å²) >= 11 is 12.5. The van der Waals surface area contributed by atoms with E-state index < -0.39 is 17.7 Å². The van der Waals surface area contributed by atoms with Gasteiger partial charge in [0.2, 0.25) is 0 Å². The van der Waals surface area contributed by atoms with Crippen LogP contribution in [0.4, 0.5) is 0 Å². The van der Waals surface area contributed by atoms with Crippen LogP contribution in [0.3, 0.4) is 0 Å². The lowest BCUT2D eigenvalue weighted by atomic mass is 9.95. The van der Waals surface area contributed by atoms with Crippen molar-refractivity contribution in [2.24, 2.45) is 0 Å². The second-order valence-corrected chi connectivity index (χ2v) is 11.0. The molecule has 1 unspecified atom stereocenters. The van der Waals surface area contributed by atoms with Gasteiger partial charge >= 0.3 is 0 Å². The summed E-state index contributed by atoms with van der Waals surface area (Å²) in [5.41, 5.74) is 3.25. The van der Waals surface area contributed by atoms with Gasteiger partial charge in [-0.1, -0.05) is 53.5 Å². The largest absolute Gasteiger partial charge is 0.507 e. The zero-order valence-electron chi connectivity index (χ0n) is 22.8. The van der Waals surface area contributed by atoms with Gasteiger partial charge in [-0.25, -0.2) is 0 Å². The molecule has 0 radical (unpaired) electrons. The second-order valence-electron chi connectivity index (χ2n) is 10.2. The van der Waals surface area contributed by atoms with Crippen molar-refractivity contribution in [2.75, 3.05) is 39.4 Å². The molecule has 2 aliphatic rings. The molecule has 3 aromatic rings. The van der Waals surface area contributed by atoms with E-state index in [2.05, 4.69) is 4.90 Å². The zero-order valence-corrected chi connectivity index (χ0v) is 24.3. The van der Waals surface area contributed by atoms with Crippen molar-refractivity contribution in [3.63, 3.8) is 0 Å². The fourth-order valence-electron chi connectivity index (χ4n) is 5.23. The number of morpholine rings is 1. The van der Waals surface area contributed by atoms with Gasteiger partial charge in [-0.15, -0.1) is 0 Å². The lowest BCUT2D eigenvalue weighted by Gasteiger charge is -2.29. The number of carbonyl (C=O) groups is 2. The summed E-state index contributed by atoms with van der Waals surface area (Å²) in [6.45, 7) is 6.58. The van der Waals surface area contributed by atoms with E-state index in [4.69, 9.17) is 32.7 Å². The number of aliphatic hydroxyl groups is 1. The highest BCUT2D eigenvalue weighted by Gasteiger charge is 2.46. The first-order chi connectivity index (χ1) is 19.8. The fourth-order valence-corrected chi connectivity index (χ4v) is 5.53. The Labute approximate surface area is 249 Å². The maximum atomic E-state index is 13.4. The number of ether oxygens (including phenoxy) is 2. The third-order valence-corrected chi connectivity index (χ3v) is 8.30. The molecule has 214 valence electrons. The smallest absolute Gasteiger partial charge is 0.295 e. The average molecular weight is 596 g/mol. The Morgan fingerprint density at radius 2 is 1.71 bits per heavy atom. The van der Waals surface area contributed by atoms with E-state index in [0.717, 1.165) is 30.8 Å². The number of carbonyl (C=O) groups excluding carboxylic acids is 2. The number of hydrogen-bond acceptors (Lipinski definition) is 6. The molecule has 2 heterocycles. The number of benzene rings is 3. The highest BCUT2D eigenvalue weighted by Crippen LogP contribution is 2.41. The summed E-state index contributed by atoms with van der Waals surface area (Å²) in [7, 11) is 0. The van der Waals surface area contributed by atoms with Crippen LogP contribution in [-0.2, 0) is 20.9 Å². The Balaban J connectivity index is 1.40. The van der Waals surface area contributed by atoms with Gasteiger partial charge < -0.3 is 19.5 Å². The van der Waals surface area contributed by atoms with Crippen molar-refractivity contribution in [1.82, 2.24) is 9.80 Å². The number of halogens is 2. The lowest BCUT2D eigenvalue weighted by molar-refractivity contribution is -0.140. The SMILES string of the molecule is Cc1ccccc1COc1ccc(/C(O)=C2\C(=O)C(=O)N(CCCN3CCOCC3)C2c2ccc(Cl)c(Cl)c2)cc1. The molecule has 41 heavy (non-hydrogen) atoms. The minimum absolute atomic E-state index is 0.0216. The van der Waals surface area contributed by atoms with Crippen LogP contribution < -0.4 is 4.74 Å². The molecule has 9 heteroatoms. The van der Waals surface area contributed by atoms with Gasteiger partial charge in [0, 0.05) is 31.7 Å². The molecule has 1 amide bonds. The summed E-state index contributed by atoms with van der Waals surface area (Å²) in [6, 6.07) is 19.0. The highest BCUT2D eigenvalue weighted by atomic mass is 35.5. The molecule has 2 saturated heterocycles. The van der Waals surface area contributed by atoms with Crippen molar-refractivity contribution in [3.8, 4) is 5.75 Å². The van der Waals surface area contributed by atoms with Crippen molar-refractivity contribution >= 4 is 40.7 Å². The summed E-state index contributed by atoms with van der Waals surface area (Å²) in [5, 5.41) is 12.1. The van der Waals surface area contributed by atoms with Crippen molar-refractivity contribution < 1.29 is 24.2 Å². The molecule has 7 nitrogen and oxygen atoms in total. The number of rotatable bonds is 9. The first-order valence-electron chi connectivity index (χ1n) is 13.6. The number of Topliss-reactive ketones (excluding diaryl/α,β-unsaturated/α-hetero) is 1. The Morgan fingerprint density at radius 1 is 0.976 bits per heavy atom. The first-order valence-corrected chi connectivity index (χ1v) is 14.4. The number of aliphatic hydroxyl groups excluding tert-OH is 1. The second kappa shape index (κ2) is 13.1. The van der Waals surface area contributed by atoms with Crippen LogP contribution in [-0.4, -0.2) is 66.0 Å². The molecule has 0 saturated carbocycles. The van der Waals surface area contributed by atoms with E-state index in [1.54, 1.807) is 42.5 Å². The molecule has 2 aliphatic heterocycles. The van der Waals surface area contributed by atoms with Gasteiger partial charge in [0.25, 0.3) is 11.7 Å². The maximum Gasteiger partial charge on any atom is 0.295 e. The molecule has 0 spiro atoms. The van der Waals surface area contributed by atoms with Crippen LogP contribution in [0.15, 0.2) is 72.3 Å². The molecular weight excluding hydrogens is 563 g/mol. The molecule has 2 fully saturated rings. The van der Waals surface area contributed by atoms with E-state index in [1.807, 2.05) is 31.2 Å². The number of nitrogens with zero attached hydrogens (tertiary/aromatic N) is 2. The maximum absolute atomic E-state index is 13.4. The number of ketones is 1. The first kappa shape index (κ1) is 29.1. The Hall–Kier alpha value is -3.36. The van der Waals surface area contributed by atoms with E-state index in [9.17, 15) is 14.7 Å². The average Bonchev–Trinajstić information content (AvgIpc) is 3.24. The van der Waals surface area contributed by atoms with E-state index in [0.29, 0.717) is 59.7 Å². The van der Waals surface area contributed by atoms with Gasteiger partial charge in [0.05, 0.1) is 34.9 Å². The van der Waals surface area contributed by atoms with Crippen LogP contribution in [0.25, 0.3) is 5.76 Å². The number of hydrogen-bond donors (Lipinski definition) is 1. The summed E-state index contributed by atoms with van der Waals surface area (Å²) in [5.74, 6) is -1.01. The van der Waals surface area contributed by atoms with Crippen molar-refractivity contribution in [1.29, 1.82) is 0 Å². The minimum atomic E-state index is -0.800. The molecule has 0 aromatic heterocycles. The van der Waals surface area contributed by atoms with Gasteiger partial charge in [0.15, 0.2) is 0 Å². The Kier molecular flexibility index (Phi) is 9.30. The third-order valence-electron chi connectivity index (χ3n) is 7.56. The number of aryl methyl sites for hydroxylation is 1. The predicted molar refractivity (Wildman–Crippen MR) is 159 cm³/mol. The zero-order chi connectivity index (χ0) is 28.9. The van der Waals surface area contributed by atoms with Crippen molar-refractivity contribution in [3.05, 3.63) is 105 Å². The van der Waals surface area contributed by atoms with Gasteiger partial charge in [-0.2, -0.15) is 0 Å². The summed E-state index contributed by atoms with van der Waals surface area (Å²) in [4.78, 5) is 30.5. The highest BCUT2D eigenvalue weighted by molar-refractivity contribution is 6.46. The minimum Gasteiger partial charge on any atom is -0.507 e. The molecule has 3 aromatic carbocycles. The quantitative estimate of drug-likeness (QED) is 0.185. The normalized spacial score (nSPS) is 19.1. The fraction of sp³-hybridized carbons (Fsp3) is 0.312. The van der Waals surface area contributed by atoms with Crippen LogP contribution >= 0.6 is 23.2 Å². The van der Waals surface area contributed by atoms with Crippen LogP contribution in [0.2, 0.25) is 10.0 Å². The molecular formula is C32H32Cl2N2O5. The van der Waals surface area contributed by atoms with Crippen molar-refractivity contribution in [2.45, 2.75) is 26.0 Å². The molecule has 0 bridgehead atoms. The third kappa shape index (κ3) is 6.60. The molecule has 1 atom stereocenters. The molecule has 0 aliphatic carbocycles. The Bertz CT molecular complexity index is 1450. The van der Waals surface area contributed by atoms with Gasteiger partial charge in [-0.3, -0.25) is 14.5 Å². The lowest BCUT2D eigenvalue weighted by Crippen LogP contribution is -2.38. The van der Waals surface area contributed by atoms with Gasteiger partial charge in [-0.05, 0) is 66.4 Å². The topological polar surface area (TPSA) is 79.3 Å². The predicted octanol–water partition coefficient (Wildman–Crippen LogP) is 6.02. The summed E-state index contributed by atoms with van der Waals surface area (Å²) in [6.07, 6.45) is 0.664. The molecule has 5 rings (SSSR count). The molecule has 1 N–H and O–H groups in total.